The molecular weight excluding hydrogens is 206 g/mol. The first kappa shape index (κ1) is 10.8. The number of carbonyl (C=O) groups is 1. The molecule has 1 aliphatic rings. The fraction of sp³-hybridized carbons (Fsp3) is 0.364. The molecule has 1 aromatic rings. The minimum Gasteiger partial charge on any atom is -0.368 e. The molecule has 84 valence electrons. The highest BCUT2D eigenvalue weighted by atomic mass is 16.5. The molecule has 1 N–H and O–H groups in total. The van der Waals surface area contributed by atoms with Gasteiger partial charge in [-0.15, -0.1) is 0 Å². The molecule has 0 spiro atoms. The smallest absolute Gasteiger partial charge is 0.269 e. The van der Waals surface area contributed by atoms with E-state index in [4.69, 9.17) is 4.74 Å². The van der Waals surface area contributed by atoms with Crippen LogP contribution in [0.4, 0.5) is 0 Å². The van der Waals surface area contributed by atoms with Crippen molar-refractivity contribution < 1.29 is 9.53 Å². The van der Waals surface area contributed by atoms with Gasteiger partial charge >= 0.3 is 0 Å². The van der Waals surface area contributed by atoms with Gasteiger partial charge in [-0.3, -0.25) is 9.78 Å². The minimum atomic E-state index is -0.346. The second kappa shape index (κ2) is 5.37. The Hall–Kier alpha value is -1.75. The molecule has 1 aromatic heterocycles. The number of carbonyl (C=O) groups excluding carboxylic acids is 1. The third-order valence-electron chi connectivity index (χ3n) is 2.28. The number of ether oxygens (including phenoxy) is 1. The molecular formula is C11H13N3O2. The van der Waals surface area contributed by atoms with Crippen molar-refractivity contribution in [3.63, 3.8) is 0 Å². The standard InChI is InChI=1S/C11H13N3O2/c15-11(10-5-3-7-16-10)14-13-8-9-4-1-2-6-12-9/h1-2,4,6,8,10H,3,5,7H2,(H,14,15)/b13-8-. The summed E-state index contributed by atoms with van der Waals surface area (Å²) in [6, 6.07) is 5.49. The highest BCUT2D eigenvalue weighted by Gasteiger charge is 2.22. The Balaban J connectivity index is 1.82. The molecule has 5 heteroatoms. The van der Waals surface area contributed by atoms with Crippen LogP contribution in [-0.4, -0.2) is 29.8 Å². The molecule has 1 unspecified atom stereocenters. The van der Waals surface area contributed by atoms with Crippen LogP contribution in [0.5, 0.6) is 0 Å². The van der Waals surface area contributed by atoms with Gasteiger partial charge in [-0.1, -0.05) is 6.07 Å². The number of rotatable bonds is 3. The Labute approximate surface area is 93.5 Å². The van der Waals surface area contributed by atoms with Crippen LogP contribution in [0.2, 0.25) is 0 Å². The van der Waals surface area contributed by atoms with Crippen molar-refractivity contribution >= 4 is 12.1 Å². The lowest BCUT2D eigenvalue weighted by molar-refractivity contribution is -0.130. The molecule has 2 heterocycles. The van der Waals surface area contributed by atoms with Gasteiger partial charge in [-0.2, -0.15) is 5.10 Å². The lowest BCUT2D eigenvalue weighted by Crippen LogP contribution is -2.30. The summed E-state index contributed by atoms with van der Waals surface area (Å²) >= 11 is 0. The van der Waals surface area contributed by atoms with Crippen LogP contribution in [-0.2, 0) is 9.53 Å². The number of hydrogen-bond acceptors (Lipinski definition) is 4. The van der Waals surface area contributed by atoms with Crippen molar-refractivity contribution in [3.8, 4) is 0 Å². The third kappa shape index (κ3) is 2.87. The number of nitrogens with one attached hydrogen (secondary N) is 1. The van der Waals surface area contributed by atoms with Gasteiger partial charge in [0.2, 0.25) is 0 Å². The number of nitrogens with zero attached hydrogens (tertiary/aromatic N) is 2. The summed E-state index contributed by atoms with van der Waals surface area (Å²) in [5, 5.41) is 3.82. The molecule has 0 aromatic carbocycles. The second-order valence-electron chi connectivity index (χ2n) is 3.49. The number of hydrogen-bond donors (Lipinski definition) is 1. The molecule has 2 rings (SSSR count). The highest BCUT2D eigenvalue weighted by Crippen LogP contribution is 2.11. The number of hydrazone groups is 1. The van der Waals surface area contributed by atoms with E-state index < -0.39 is 0 Å². The summed E-state index contributed by atoms with van der Waals surface area (Å²) in [7, 11) is 0. The van der Waals surface area contributed by atoms with Gasteiger partial charge in [-0.25, -0.2) is 5.43 Å². The summed E-state index contributed by atoms with van der Waals surface area (Å²) in [4.78, 5) is 15.5. The molecule has 1 aliphatic heterocycles. The van der Waals surface area contributed by atoms with E-state index in [0.717, 1.165) is 12.8 Å². The van der Waals surface area contributed by atoms with Crippen molar-refractivity contribution in [2.75, 3.05) is 6.61 Å². The second-order valence-corrected chi connectivity index (χ2v) is 3.49. The molecule has 1 fully saturated rings. The molecule has 0 bridgehead atoms. The molecule has 0 saturated carbocycles. The molecule has 0 radical (unpaired) electrons. The zero-order valence-electron chi connectivity index (χ0n) is 8.80. The van der Waals surface area contributed by atoms with Gasteiger partial charge < -0.3 is 4.74 Å². The van der Waals surface area contributed by atoms with E-state index in [1.54, 1.807) is 6.20 Å². The average Bonchev–Trinajstić information content (AvgIpc) is 2.84. The van der Waals surface area contributed by atoms with Gasteiger partial charge in [0.1, 0.15) is 6.10 Å². The van der Waals surface area contributed by atoms with Crippen molar-refractivity contribution in [2.45, 2.75) is 18.9 Å². The zero-order chi connectivity index (χ0) is 11.2. The molecule has 1 saturated heterocycles. The first-order valence-corrected chi connectivity index (χ1v) is 5.22. The van der Waals surface area contributed by atoms with E-state index in [0.29, 0.717) is 12.3 Å². The van der Waals surface area contributed by atoms with E-state index in [9.17, 15) is 4.79 Å². The summed E-state index contributed by atoms with van der Waals surface area (Å²) in [5.74, 6) is -0.190. The monoisotopic (exact) mass is 219 g/mol. The minimum absolute atomic E-state index is 0.190. The molecule has 16 heavy (non-hydrogen) atoms. The van der Waals surface area contributed by atoms with E-state index in [1.165, 1.54) is 6.21 Å². The van der Waals surface area contributed by atoms with Crippen LogP contribution in [0.1, 0.15) is 18.5 Å². The predicted molar refractivity (Wildman–Crippen MR) is 58.9 cm³/mol. The van der Waals surface area contributed by atoms with Crippen molar-refractivity contribution in [3.05, 3.63) is 30.1 Å². The van der Waals surface area contributed by atoms with Crippen LogP contribution in [0.25, 0.3) is 0 Å². The Morgan fingerprint density at radius 3 is 3.25 bits per heavy atom. The maximum Gasteiger partial charge on any atom is 0.269 e. The Morgan fingerprint density at radius 2 is 2.56 bits per heavy atom. The largest absolute Gasteiger partial charge is 0.368 e. The normalized spacial score (nSPS) is 20.1. The van der Waals surface area contributed by atoms with Gasteiger partial charge in [0.25, 0.3) is 5.91 Å². The number of pyridine rings is 1. The quantitative estimate of drug-likeness (QED) is 0.601. The van der Waals surface area contributed by atoms with Gasteiger partial charge in [-0.05, 0) is 25.0 Å². The van der Waals surface area contributed by atoms with E-state index in [-0.39, 0.29) is 12.0 Å². The Bertz CT molecular complexity index is 372. The van der Waals surface area contributed by atoms with E-state index >= 15 is 0 Å². The number of aromatic nitrogens is 1. The predicted octanol–water partition coefficient (Wildman–Crippen LogP) is 0.711. The Morgan fingerprint density at radius 1 is 1.62 bits per heavy atom. The maximum atomic E-state index is 11.5. The van der Waals surface area contributed by atoms with Crippen molar-refractivity contribution in [2.24, 2.45) is 5.10 Å². The summed E-state index contributed by atoms with van der Waals surface area (Å²) in [6.07, 6.45) is 4.53. The first-order chi connectivity index (χ1) is 7.86. The molecule has 0 aliphatic carbocycles. The lowest BCUT2D eigenvalue weighted by atomic mass is 10.2. The fourth-order valence-electron chi connectivity index (χ4n) is 1.47. The first-order valence-electron chi connectivity index (χ1n) is 5.22. The van der Waals surface area contributed by atoms with Gasteiger partial charge in [0, 0.05) is 12.8 Å². The number of amides is 1. The lowest BCUT2D eigenvalue weighted by Gasteiger charge is -2.05. The summed E-state index contributed by atoms with van der Waals surface area (Å²) in [5.41, 5.74) is 3.14. The van der Waals surface area contributed by atoms with E-state index in [2.05, 4.69) is 15.5 Å². The van der Waals surface area contributed by atoms with Crippen LogP contribution in [0.15, 0.2) is 29.5 Å². The SMILES string of the molecule is O=C(N/N=C\c1ccccn1)C1CCCO1. The van der Waals surface area contributed by atoms with Crippen LogP contribution in [0, 0.1) is 0 Å². The van der Waals surface area contributed by atoms with Crippen LogP contribution < -0.4 is 5.43 Å². The average molecular weight is 219 g/mol. The Kier molecular flexibility index (Phi) is 3.61. The topological polar surface area (TPSA) is 63.6 Å². The van der Waals surface area contributed by atoms with Gasteiger partial charge in [0.15, 0.2) is 0 Å². The fourth-order valence-corrected chi connectivity index (χ4v) is 1.47. The highest BCUT2D eigenvalue weighted by molar-refractivity contribution is 5.83. The molecule has 1 amide bonds. The van der Waals surface area contributed by atoms with E-state index in [1.807, 2.05) is 18.2 Å². The van der Waals surface area contributed by atoms with Crippen LogP contribution in [0.3, 0.4) is 0 Å². The zero-order valence-corrected chi connectivity index (χ0v) is 8.80. The van der Waals surface area contributed by atoms with Crippen molar-refractivity contribution in [1.82, 2.24) is 10.4 Å². The maximum absolute atomic E-state index is 11.5. The third-order valence-corrected chi connectivity index (χ3v) is 2.28. The summed E-state index contributed by atoms with van der Waals surface area (Å²) in [6.45, 7) is 0.655. The molecule has 5 nitrogen and oxygen atoms in total. The van der Waals surface area contributed by atoms with Crippen molar-refractivity contribution in [1.29, 1.82) is 0 Å². The molecule has 1 atom stereocenters. The van der Waals surface area contributed by atoms with Gasteiger partial charge in [0.05, 0.1) is 11.9 Å². The van der Waals surface area contributed by atoms with Crippen LogP contribution >= 0.6 is 0 Å². The summed E-state index contributed by atoms with van der Waals surface area (Å²) < 4.78 is 5.22.